The van der Waals surface area contributed by atoms with E-state index >= 15 is 0 Å². The van der Waals surface area contributed by atoms with E-state index in [-0.39, 0.29) is 24.0 Å². The van der Waals surface area contributed by atoms with E-state index in [0.717, 1.165) is 0 Å². The Labute approximate surface area is 106 Å². The van der Waals surface area contributed by atoms with Gasteiger partial charge in [-0.15, -0.1) is 0 Å². The maximum atomic E-state index is 12.4. The first-order valence-electron chi connectivity index (χ1n) is 6.01. The van der Waals surface area contributed by atoms with E-state index in [2.05, 4.69) is 9.97 Å². The molecule has 6 heteroatoms. The van der Waals surface area contributed by atoms with Crippen LogP contribution >= 0.6 is 0 Å². The van der Waals surface area contributed by atoms with E-state index in [1.807, 2.05) is 13.8 Å². The van der Waals surface area contributed by atoms with Crippen molar-refractivity contribution in [2.45, 2.75) is 32.9 Å². The summed E-state index contributed by atoms with van der Waals surface area (Å²) in [5.41, 5.74) is 6.61. The standard InChI is InChI=1S/C12H18N4O2/c1-7-4-10(15-12(13)14-7)11(17)16-5-9(3)18-6-8(16)2/h4,8-9H,5-6H2,1-3H3,(H2,13,14,15). The molecular weight excluding hydrogens is 232 g/mol. The average Bonchev–Trinajstić information content (AvgIpc) is 2.30. The van der Waals surface area contributed by atoms with Gasteiger partial charge in [0.2, 0.25) is 5.95 Å². The number of nitrogen functional groups attached to an aromatic ring is 1. The summed E-state index contributed by atoms with van der Waals surface area (Å²) in [6.45, 7) is 6.82. The Kier molecular flexibility index (Phi) is 3.47. The highest BCUT2D eigenvalue weighted by Gasteiger charge is 2.29. The molecule has 1 amide bonds. The van der Waals surface area contributed by atoms with Crippen molar-refractivity contribution >= 4 is 11.9 Å². The second-order valence-electron chi connectivity index (χ2n) is 4.70. The minimum atomic E-state index is -0.116. The van der Waals surface area contributed by atoms with Crippen molar-refractivity contribution in [3.63, 3.8) is 0 Å². The molecule has 2 heterocycles. The van der Waals surface area contributed by atoms with Gasteiger partial charge in [-0.25, -0.2) is 9.97 Å². The van der Waals surface area contributed by atoms with Crippen molar-refractivity contribution in [3.05, 3.63) is 17.5 Å². The number of hydrogen-bond donors (Lipinski definition) is 1. The highest BCUT2D eigenvalue weighted by molar-refractivity contribution is 5.93. The van der Waals surface area contributed by atoms with Gasteiger partial charge in [0.25, 0.3) is 5.91 Å². The number of carbonyl (C=O) groups excluding carboxylic acids is 1. The number of carbonyl (C=O) groups is 1. The minimum Gasteiger partial charge on any atom is -0.375 e. The van der Waals surface area contributed by atoms with Gasteiger partial charge in [0.1, 0.15) is 5.69 Å². The predicted molar refractivity (Wildman–Crippen MR) is 67.1 cm³/mol. The fraction of sp³-hybridized carbons (Fsp3) is 0.583. The Morgan fingerprint density at radius 2 is 2.22 bits per heavy atom. The highest BCUT2D eigenvalue weighted by atomic mass is 16.5. The van der Waals surface area contributed by atoms with Crippen molar-refractivity contribution in [2.24, 2.45) is 0 Å². The molecule has 6 nitrogen and oxygen atoms in total. The molecule has 1 fully saturated rings. The molecule has 0 spiro atoms. The molecule has 2 atom stereocenters. The molecule has 1 aromatic rings. The van der Waals surface area contributed by atoms with Crippen molar-refractivity contribution in [1.29, 1.82) is 0 Å². The number of morpholine rings is 1. The number of nitrogens with zero attached hydrogens (tertiary/aromatic N) is 3. The molecule has 0 radical (unpaired) electrons. The zero-order valence-corrected chi connectivity index (χ0v) is 10.9. The molecule has 98 valence electrons. The number of aromatic nitrogens is 2. The van der Waals surface area contributed by atoms with Crippen LogP contribution in [0.5, 0.6) is 0 Å². The van der Waals surface area contributed by atoms with Gasteiger partial charge in [-0.3, -0.25) is 4.79 Å². The van der Waals surface area contributed by atoms with Crippen LogP contribution in [0.15, 0.2) is 6.07 Å². The normalized spacial score (nSPS) is 24.1. The van der Waals surface area contributed by atoms with Gasteiger partial charge in [-0.05, 0) is 26.8 Å². The lowest BCUT2D eigenvalue weighted by Gasteiger charge is -2.36. The second kappa shape index (κ2) is 4.89. The molecule has 0 aromatic carbocycles. The monoisotopic (exact) mass is 250 g/mol. The average molecular weight is 250 g/mol. The molecule has 2 unspecified atom stereocenters. The third-order valence-electron chi connectivity index (χ3n) is 2.96. The van der Waals surface area contributed by atoms with E-state index in [4.69, 9.17) is 10.5 Å². The summed E-state index contributed by atoms with van der Waals surface area (Å²) in [7, 11) is 0. The third kappa shape index (κ3) is 2.59. The summed E-state index contributed by atoms with van der Waals surface area (Å²) < 4.78 is 5.50. The second-order valence-corrected chi connectivity index (χ2v) is 4.70. The Hall–Kier alpha value is -1.69. The van der Waals surface area contributed by atoms with E-state index in [1.165, 1.54) is 0 Å². The van der Waals surface area contributed by atoms with Crippen molar-refractivity contribution in [1.82, 2.24) is 14.9 Å². The minimum absolute atomic E-state index is 0.0465. The number of nitrogens with two attached hydrogens (primary N) is 1. The first kappa shape index (κ1) is 12.8. The smallest absolute Gasteiger partial charge is 0.273 e. The molecule has 1 aliphatic heterocycles. The fourth-order valence-corrected chi connectivity index (χ4v) is 2.03. The molecular formula is C12H18N4O2. The molecule has 18 heavy (non-hydrogen) atoms. The molecule has 2 rings (SSSR count). The maximum absolute atomic E-state index is 12.4. The van der Waals surface area contributed by atoms with Crippen LogP contribution in [0.3, 0.4) is 0 Å². The lowest BCUT2D eigenvalue weighted by molar-refractivity contribution is -0.0389. The molecule has 2 N–H and O–H groups in total. The zero-order chi connectivity index (χ0) is 13.3. The molecule has 1 aromatic heterocycles. The van der Waals surface area contributed by atoms with Crippen LogP contribution in [-0.2, 0) is 4.74 Å². The van der Waals surface area contributed by atoms with Crippen LogP contribution in [0.1, 0.15) is 30.0 Å². The van der Waals surface area contributed by atoms with Crippen LogP contribution in [0.25, 0.3) is 0 Å². The van der Waals surface area contributed by atoms with Crippen LogP contribution < -0.4 is 5.73 Å². The van der Waals surface area contributed by atoms with Crippen molar-refractivity contribution in [3.8, 4) is 0 Å². The summed E-state index contributed by atoms with van der Waals surface area (Å²) in [4.78, 5) is 22.1. The van der Waals surface area contributed by atoms with E-state index in [9.17, 15) is 4.79 Å². The number of hydrogen-bond acceptors (Lipinski definition) is 5. The predicted octanol–water partition coefficient (Wildman–Crippen LogP) is 0.617. The molecule has 0 aliphatic carbocycles. The number of rotatable bonds is 1. The van der Waals surface area contributed by atoms with Crippen molar-refractivity contribution < 1.29 is 9.53 Å². The van der Waals surface area contributed by atoms with Gasteiger partial charge < -0.3 is 15.4 Å². The highest BCUT2D eigenvalue weighted by Crippen LogP contribution is 2.15. The topological polar surface area (TPSA) is 81.3 Å². The number of anilines is 1. The first-order valence-corrected chi connectivity index (χ1v) is 6.01. The van der Waals surface area contributed by atoms with Crippen LogP contribution in [-0.4, -0.2) is 46.1 Å². The van der Waals surface area contributed by atoms with Gasteiger partial charge in [0.15, 0.2) is 0 Å². The number of ether oxygens (including phenoxy) is 1. The fourth-order valence-electron chi connectivity index (χ4n) is 2.03. The van der Waals surface area contributed by atoms with Gasteiger partial charge in [0.05, 0.1) is 18.8 Å². The molecule has 1 aliphatic rings. The van der Waals surface area contributed by atoms with Crippen LogP contribution in [0.2, 0.25) is 0 Å². The van der Waals surface area contributed by atoms with Crippen LogP contribution in [0.4, 0.5) is 5.95 Å². The van der Waals surface area contributed by atoms with Gasteiger partial charge in [0, 0.05) is 12.2 Å². The summed E-state index contributed by atoms with van der Waals surface area (Å²) in [6.07, 6.45) is 0.0467. The summed E-state index contributed by atoms with van der Waals surface area (Å²) in [5.74, 6) is 0.0159. The van der Waals surface area contributed by atoms with Crippen LogP contribution in [0, 0.1) is 6.92 Å². The summed E-state index contributed by atoms with van der Waals surface area (Å²) in [6, 6.07) is 1.70. The van der Waals surface area contributed by atoms with E-state index < -0.39 is 0 Å². The first-order chi connectivity index (χ1) is 8.47. The lowest BCUT2D eigenvalue weighted by Crippen LogP contribution is -2.50. The van der Waals surface area contributed by atoms with Gasteiger partial charge in [-0.2, -0.15) is 0 Å². The lowest BCUT2D eigenvalue weighted by atomic mass is 10.2. The largest absolute Gasteiger partial charge is 0.375 e. The van der Waals surface area contributed by atoms with E-state index in [0.29, 0.717) is 24.5 Å². The van der Waals surface area contributed by atoms with Gasteiger partial charge in [-0.1, -0.05) is 0 Å². The van der Waals surface area contributed by atoms with E-state index in [1.54, 1.807) is 17.9 Å². The molecule has 0 saturated carbocycles. The third-order valence-corrected chi connectivity index (χ3v) is 2.96. The number of amides is 1. The van der Waals surface area contributed by atoms with Crippen molar-refractivity contribution in [2.75, 3.05) is 18.9 Å². The SMILES string of the molecule is Cc1cc(C(=O)N2CC(C)OCC2C)nc(N)n1. The Balaban J connectivity index is 2.24. The summed E-state index contributed by atoms with van der Waals surface area (Å²) >= 11 is 0. The zero-order valence-electron chi connectivity index (χ0n) is 10.9. The Morgan fingerprint density at radius 1 is 1.50 bits per heavy atom. The molecule has 0 bridgehead atoms. The quantitative estimate of drug-likeness (QED) is 0.790. The maximum Gasteiger partial charge on any atom is 0.273 e. The molecule has 1 saturated heterocycles. The number of aryl methyl sites for hydroxylation is 1. The Bertz CT molecular complexity index is 443. The summed E-state index contributed by atoms with van der Waals surface area (Å²) in [5, 5.41) is 0. The Morgan fingerprint density at radius 3 is 2.89 bits per heavy atom. The van der Waals surface area contributed by atoms with Gasteiger partial charge >= 0.3 is 0 Å².